The summed E-state index contributed by atoms with van der Waals surface area (Å²) in [5.41, 5.74) is 6.04. The zero-order chi connectivity index (χ0) is 11.7. The summed E-state index contributed by atoms with van der Waals surface area (Å²) in [6.07, 6.45) is 3.19. The van der Waals surface area contributed by atoms with E-state index in [-0.39, 0.29) is 5.91 Å². The molecule has 0 aliphatic heterocycles. The topological polar surface area (TPSA) is 78.7 Å². The molecule has 0 bridgehead atoms. The van der Waals surface area contributed by atoms with Gasteiger partial charge in [-0.3, -0.25) is 9.36 Å². The van der Waals surface area contributed by atoms with Crippen LogP contribution in [0.15, 0.2) is 18.5 Å². The SMILES string of the molecule is CCn1nc(C(=O)n2ccnc2C)cc1N. The maximum absolute atomic E-state index is 12.0. The zero-order valence-corrected chi connectivity index (χ0v) is 9.21. The number of carbonyl (C=O) groups is 1. The second-order valence-corrected chi connectivity index (χ2v) is 3.42. The number of hydrogen-bond donors (Lipinski definition) is 1. The molecule has 0 radical (unpaired) electrons. The number of carbonyl (C=O) groups excluding carboxylic acids is 1. The Balaban J connectivity index is 2.38. The van der Waals surface area contributed by atoms with Crippen molar-refractivity contribution in [2.75, 3.05) is 5.73 Å². The van der Waals surface area contributed by atoms with Crippen LogP contribution in [0.1, 0.15) is 23.2 Å². The van der Waals surface area contributed by atoms with E-state index in [1.54, 1.807) is 30.1 Å². The molecule has 0 saturated heterocycles. The molecular formula is C10H13N5O. The largest absolute Gasteiger partial charge is 0.384 e. The van der Waals surface area contributed by atoms with Gasteiger partial charge in [0.25, 0.3) is 5.91 Å². The predicted molar refractivity (Wildman–Crippen MR) is 59.0 cm³/mol. The molecule has 6 nitrogen and oxygen atoms in total. The lowest BCUT2D eigenvalue weighted by molar-refractivity contribution is 0.0952. The molecule has 2 N–H and O–H groups in total. The maximum Gasteiger partial charge on any atom is 0.283 e. The molecule has 0 atom stereocenters. The number of imidazole rings is 1. The van der Waals surface area contributed by atoms with E-state index in [4.69, 9.17) is 5.73 Å². The normalized spacial score (nSPS) is 10.6. The van der Waals surface area contributed by atoms with Crippen LogP contribution < -0.4 is 5.73 Å². The Hall–Kier alpha value is -2.11. The molecule has 0 amide bonds. The fourth-order valence-corrected chi connectivity index (χ4v) is 1.51. The molecule has 0 aromatic carbocycles. The molecule has 2 aromatic heterocycles. The van der Waals surface area contributed by atoms with E-state index >= 15 is 0 Å². The average Bonchev–Trinajstić information content (AvgIpc) is 2.83. The Morgan fingerprint density at radius 2 is 2.31 bits per heavy atom. The summed E-state index contributed by atoms with van der Waals surface area (Å²) >= 11 is 0. The van der Waals surface area contributed by atoms with Crippen LogP contribution in [0.2, 0.25) is 0 Å². The third kappa shape index (κ3) is 1.58. The number of anilines is 1. The first-order valence-corrected chi connectivity index (χ1v) is 5.01. The number of rotatable bonds is 2. The predicted octanol–water partition coefficient (Wildman–Crippen LogP) is 0.679. The minimum Gasteiger partial charge on any atom is -0.384 e. The first kappa shape index (κ1) is 10.4. The van der Waals surface area contributed by atoms with E-state index in [0.717, 1.165) is 0 Å². The summed E-state index contributed by atoms with van der Waals surface area (Å²) in [6.45, 7) is 4.32. The number of nitrogen functional groups attached to an aromatic ring is 1. The molecule has 0 aliphatic rings. The van der Waals surface area contributed by atoms with Gasteiger partial charge in [0.05, 0.1) is 0 Å². The molecule has 0 saturated carbocycles. The molecule has 2 aromatic rings. The van der Waals surface area contributed by atoms with Gasteiger partial charge in [-0.05, 0) is 13.8 Å². The van der Waals surface area contributed by atoms with Crippen molar-refractivity contribution in [2.24, 2.45) is 0 Å². The fraction of sp³-hybridized carbons (Fsp3) is 0.300. The van der Waals surface area contributed by atoms with Gasteiger partial charge in [0.15, 0.2) is 5.69 Å². The molecular weight excluding hydrogens is 206 g/mol. The lowest BCUT2D eigenvalue weighted by Gasteiger charge is -1.99. The van der Waals surface area contributed by atoms with Crippen LogP contribution >= 0.6 is 0 Å². The lowest BCUT2D eigenvalue weighted by Crippen LogP contribution is -2.14. The van der Waals surface area contributed by atoms with Crippen LogP contribution in [0, 0.1) is 6.92 Å². The van der Waals surface area contributed by atoms with Crippen molar-refractivity contribution in [1.82, 2.24) is 19.3 Å². The van der Waals surface area contributed by atoms with Crippen molar-refractivity contribution in [3.05, 3.63) is 30.0 Å². The van der Waals surface area contributed by atoms with E-state index in [9.17, 15) is 4.79 Å². The number of nitrogens with zero attached hydrogens (tertiary/aromatic N) is 4. The molecule has 6 heteroatoms. The van der Waals surface area contributed by atoms with Crippen LogP contribution in [0.4, 0.5) is 5.82 Å². The fourth-order valence-electron chi connectivity index (χ4n) is 1.51. The van der Waals surface area contributed by atoms with E-state index < -0.39 is 0 Å². The molecule has 84 valence electrons. The molecule has 16 heavy (non-hydrogen) atoms. The molecule has 0 spiro atoms. The standard InChI is InChI=1S/C10H13N5O/c1-3-15-9(11)6-8(13-15)10(16)14-5-4-12-7(14)2/h4-6H,3,11H2,1-2H3. The van der Waals surface area contributed by atoms with Gasteiger partial charge in [0.2, 0.25) is 0 Å². The third-order valence-electron chi connectivity index (χ3n) is 2.37. The van der Waals surface area contributed by atoms with Crippen LogP contribution in [0.25, 0.3) is 0 Å². The van der Waals surface area contributed by atoms with E-state index in [1.807, 2.05) is 6.92 Å². The summed E-state index contributed by atoms with van der Waals surface area (Å²) in [7, 11) is 0. The summed E-state index contributed by atoms with van der Waals surface area (Å²) in [4.78, 5) is 16.0. The van der Waals surface area contributed by atoms with Gasteiger partial charge < -0.3 is 5.73 Å². The van der Waals surface area contributed by atoms with E-state index in [2.05, 4.69) is 10.1 Å². The molecule has 0 unspecified atom stereocenters. The van der Waals surface area contributed by atoms with E-state index in [1.165, 1.54) is 4.57 Å². The van der Waals surface area contributed by atoms with Crippen LogP contribution in [-0.2, 0) is 6.54 Å². The first-order chi connectivity index (χ1) is 7.63. The Labute approximate surface area is 92.7 Å². The van der Waals surface area contributed by atoms with Crippen LogP contribution in [0.5, 0.6) is 0 Å². The van der Waals surface area contributed by atoms with Gasteiger partial charge in [-0.25, -0.2) is 9.67 Å². The van der Waals surface area contributed by atoms with Gasteiger partial charge >= 0.3 is 0 Å². The van der Waals surface area contributed by atoms with Crippen LogP contribution in [0.3, 0.4) is 0 Å². The first-order valence-electron chi connectivity index (χ1n) is 5.01. The van der Waals surface area contributed by atoms with Crippen LogP contribution in [-0.4, -0.2) is 25.2 Å². The van der Waals surface area contributed by atoms with Gasteiger partial charge in [0, 0.05) is 25.0 Å². The van der Waals surface area contributed by atoms with Crippen molar-refractivity contribution in [3.8, 4) is 0 Å². The van der Waals surface area contributed by atoms with Crippen molar-refractivity contribution in [3.63, 3.8) is 0 Å². The van der Waals surface area contributed by atoms with Crippen molar-refractivity contribution < 1.29 is 4.79 Å². The quantitative estimate of drug-likeness (QED) is 0.805. The van der Waals surface area contributed by atoms with Crippen molar-refractivity contribution in [2.45, 2.75) is 20.4 Å². The second-order valence-electron chi connectivity index (χ2n) is 3.42. The second kappa shape index (κ2) is 3.80. The smallest absolute Gasteiger partial charge is 0.283 e. The summed E-state index contributed by atoms with van der Waals surface area (Å²) < 4.78 is 3.03. The number of aromatic nitrogens is 4. The van der Waals surface area contributed by atoms with Gasteiger partial charge in [-0.2, -0.15) is 5.10 Å². The Morgan fingerprint density at radius 3 is 2.81 bits per heavy atom. The highest BCUT2D eigenvalue weighted by atomic mass is 16.2. The molecule has 0 fully saturated rings. The molecule has 0 aliphatic carbocycles. The summed E-state index contributed by atoms with van der Waals surface area (Å²) in [5, 5.41) is 4.12. The monoisotopic (exact) mass is 219 g/mol. The van der Waals surface area contributed by atoms with Crippen molar-refractivity contribution >= 4 is 11.7 Å². The minimum absolute atomic E-state index is 0.214. The van der Waals surface area contributed by atoms with Gasteiger partial charge in [0.1, 0.15) is 11.6 Å². The number of nitrogens with two attached hydrogens (primary N) is 1. The number of hydrogen-bond acceptors (Lipinski definition) is 4. The summed E-state index contributed by atoms with van der Waals surface area (Å²) in [5.74, 6) is 0.909. The Kier molecular flexibility index (Phi) is 2.47. The Bertz CT molecular complexity index is 525. The number of aryl methyl sites for hydroxylation is 2. The lowest BCUT2D eigenvalue weighted by atomic mass is 10.4. The maximum atomic E-state index is 12.0. The average molecular weight is 219 g/mol. The van der Waals surface area contributed by atoms with Crippen molar-refractivity contribution in [1.29, 1.82) is 0 Å². The van der Waals surface area contributed by atoms with Gasteiger partial charge in [-0.15, -0.1) is 0 Å². The van der Waals surface area contributed by atoms with E-state index in [0.29, 0.717) is 23.9 Å². The Morgan fingerprint density at radius 1 is 1.56 bits per heavy atom. The minimum atomic E-state index is -0.214. The summed E-state index contributed by atoms with van der Waals surface area (Å²) in [6, 6.07) is 1.57. The molecule has 2 rings (SSSR count). The highest BCUT2D eigenvalue weighted by Crippen LogP contribution is 2.09. The molecule has 2 heterocycles. The highest BCUT2D eigenvalue weighted by molar-refractivity contribution is 5.95. The third-order valence-corrected chi connectivity index (χ3v) is 2.37. The zero-order valence-electron chi connectivity index (χ0n) is 9.21. The van der Waals surface area contributed by atoms with Gasteiger partial charge in [-0.1, -0.05) is 0 Å². The highest BCUT2D eigenvalue weighted by Gasteiger charge is 2.15.